The van der Waals surface area contributed by atoms with E-state index in [1.807, 2.05) is 0 Å². The quantitative estimate of drug-likeness (QED) is 0.525. The second-order valence-corrected chi connectivity index (χ2v) is 3.05. The minimum atomic E-state index is -0.968. The zero-order valence-electron chi connectivity index (χ0n) is 7.04. The Balaban J connectivity index is 4.74. The van der Waals surface area contributed by atoms with Crippen LogP contribution in [0.15, 0.2) is 22.9 Å². The predicted octanol–water partition coefficient (Wildman–Crippen LogP) is 1.69. The van der Waals surface area contributed by atoms with Gasteiger partial charge in [-0.05, 0) is 12.0 Å². The van der Waals surface area contributed by atoms with Crippen molar-refractivity contribution in [1.82, 2.24) is 0 Å². The molecular formula is C8H12ClNO2. The molecule has 0 aromatic rings. The highest BCUT2D eigenvalue weighted by atomic mass is 35.5. The minimum absolute atomic E-state index is 0.0730. The van der Waals surface area contributed by atoms with Gasteiger partial charge in [0.25, 0.3) is 0 Å². The van der Waals surface area contributed by atoms with E-state index in [1.165, 1.54) is 6.08 Å². The van der Waals surface area contributed by atoms with E-state index in [9.17, 15) is 4.79 Å². The van der Waals surface area contributed by atoms with E-state index in [2.05, 4.69) is 0 Å². The highest BCUT2D eigenvalue weighted by Crippen LogP contribution is 2.14. The van der Waals surface area contributed by atoms with Crippen LogP contribution in [0.5, 0.6) is 0 Å². The van der Waals surface area contributed by atoms with E-state index < -0.39 is 5.97 Å². The number of hydrogen-bond acceptors (Lipinski definition) is 2. The summed E-state index contributed by atoms with van der Waals surface area (Å²) in [7, 11) is 0. The Morgan fingerprint density at radius 3 is 2.33 bits per heavy atom. The highest BCUT2D eigenvalue weighted by Gasteiger charge is 2.11. The lowest BCUT2D eigenvalue weighted by Crippen LogP contribution is -2.07. The van der Waals surface area contributed by atoms with Gasteiger partial charge in [-0.3, -0.25) is 0 Å². The van der Waals surface area contributed by atoms with Gasteiger partial charge in [0.05, 0.1) is 5.03 Å². The van der Waals surface area contributed by atoms with Crippen molar-refractivity contribution < 1.29 is 9.90 Å². The molecule has 0 rings (SSSR count). The number of carbonyl (C=O) groups is 1. The van der Waals surface area contributed by atoms with Crippen molar-refractivity contribution in [2.75, 3.05) is 0 Å². The number of carboxylic acid groups (broad SMARTS) is 1. The molecule has 0 fully saturated rings. The normalized spacial score (nSPS) is 13.7. The molecule has 3 nitrogen and oxygen atoms in total. The van der Waals surface area contributed by atoms with Crippen molar-refractivity contribution >= 4 is 17.6 Å². The zero-order chi connectivity index (χ0) is 9.72. The van der Waals surface area contributed by atoms with Gasteiger partial charge in [-0.1, -0.05) is 25.4 Å². The summed E-state index contributed by atoms with van der Waals surface area (Å²) in [6, 6.07) is 0. The Kier molecular flexibility index (Phi) is 4.44. The first-order valence-electron chi connectivity index (χ1n) is 3.51. The van der Waals surface area contributed by atoms with Crippen molar-refractivity contribution in [2.24, 2.45) is 11.7 Å². The van der Waals surface area contributed by atoms with Gasteiger partial charge in [-0.2, -0.15) is 0 Å². The SMILES string of the molecule is CC(C)/C(=C\C(Cl)=C/N)C(=O)O. The predicted molar refractivity (Wildman–Crippen MR) is 48.7 cm³/mol. The van der Waals surface area contributed by atoms with E-state index in [-0.39, 0.29) is 16.5 Å². The van der Waals surface area contributed by atoms with Crippen LogP contribution in [-0.4, -0.2) is 11.1 Å². The molecule has 0 aliphatic heterocycles. The summed E-state index contributed by atoms with van der Waals surface area (Å²) in [6.45, 7) is 3.56. The molecule has 0 saturated heterocycles. The van der Waals surface area contributed by atoms with Crippen LogP contribution in [0.3, 0.4) is 0 Å². The van der Waals surface area contributed by atoms with Crippen molar-refractivity contribution in [3.8, 4) is 0 Å². The Hall–Kier alpha value is -0.960. The molecule has 0 saturated carbocycles. The van der Waals surface area contributed by atoms with Crippen LogP contribution in [0.2, 0.25) is 0 Å². The summed E-state index contributed by atoms with van der Waals surface area (Å²) in [6.07, 6.45) is 2.52. The van der Waals surface area contributed by atoms with Crippen LogP contribution in [0, 0.1) is 5.92 Å². The van der Waals surface area contributed by atoms with E-state index in [4.69, 9.17) is 22.4 Å². The maximum Gasteiger partial charge on any atom is 0.331 e. The van der Waals surface area contributed by atoms with Gasteiger partial charge in [-0.15, -0.1) is 0 Å². The second-order valence-electron chi connectivity index (χ2n) is 2.61. The zero-order valence-corrected chi connectivity index (χ0v) is 7.80. The fourth-order valence-electron chi connectivity index (χ4n) is 0.672. The lowest BCUT2D eigenvalue weighted by Gasteiger charge is -2.04. The van der Waals surface area contributed by atoms with Crippen LogP contribution in [0.1, 0.15) is 13.8 Å². The highest BCUT2D eigenvalue weighted by molar-refractivity contribution is 6.31. The summed E-state index contributed by atoms with van der Waals surface area (Å²) >= 11 is 5.54. The molecule has 0 heterocycles. The molecule has 0 bridgehead atoms. The van der Waals surface area contributed by atoms with Crippen LogP contribution in [-0.2, 0) is 4.79 Å². The molecule has 12 heavy (non-hydrogen) atoms. The van der Waals surface area contributed by atoms with Crippen LogP contribution in [0.4, 0.5) is 0 Å². The first-order valence-corrected chi connectivity index (χ1v) is 3.89. The largest absolute Gasteiger partial charge is 0.478 e. The molecule has 0 unspecified atom stereocenters. The molecule has 68 valence electrons. The van der Waals surface area contributed by atoms with Crippen molar-refractivity contribution in [3.05, 3.63) is 22.9 Å². The number of carboxylic acids is 1. The van der Waals surface area contributed by atoms with Gasteiger partial charge in [0, 0.05) is 11.8 Å². The Morgan fingerprint density at radius 2 is 2.08 bits per heavy atom. The number of rotatable bonds is 3. The lowest BCUT2D eigenvalue weighted by atomic mass is 10.0. The Labute approximate surface area is 76.5 Å². The number of aliphatic carboxylic acids is 1. The molecule has 3 N–H and O–H groups in total. The van der Waals surface area contributed by atoms with E-state index >= 15 is 0 Å². The maximum atomic E-state index is 10.6. The van der Waals surface area contributed by atoms with Crippen molar-refractivity contribution in [1.29, 1.82) is 0 Å². The molecular weight excluding hydrogens is 178 g/mol. The third-order valence-corrected chi connectivity index (χ3v) is 1.56. The minimum Gasteiger partial charge on any atom is -0.478 e. The smallest absolute Gasteiger partial charge is 0.331 e. The first kappa shape index (κ1) is 11.0. The molecule has 0 radical (unpaired) electrons. The van der Waals surface area contributed by atoms with Crippen LogP contribution < -0.4 is 5.73 Å². The molecule has 0 atom stereocenters. The van der Waals surface area contributed by atoms with Crippen LogP contribution in [0.25, 0.3) is 0 Å². The topological polar surface area (TPSA) is 63.3 Å². The van der Waals surface area contributed by atoms with Gasteiger partial charge in [0.15, 0.2) is 0 Å². The van der Waals surface area contributed by atoms with Gasteiger partial charge in [0.1, 0.15) is 0 Å². The Morgan fingerprint density at radius 1 is 1.58 bits per heavy atom. The fraction of sp³-hybridized carbons (Fsp3) is 0.375. The molecule has 0 amide bonds. The van der Waals surface area contributed by atoms with E-state index in [1.54, 1.807) is 13.8 Å². The van der Waals surface area contributed by atoms with E-state index in [0.717, 1.165) is 6.20 Å². The standard InChI is InChI=1S/C8H12ClNO2/c1-5(2)7(8(11)12)3-6(9)4-10/h3-5H,10H2,1-2H3,(H,11,12)/b6-4+,7-3+. The monoisotopic (exact) mass is 189 g/mol. The molecule has 4 heteroatoms. The van der Waals surface area contributed by atoms with Gasteiger partial charge >= 0.3 is 5.97 Å². The summed E-state index contributed by atoms with van der Waals surface area (Å²) in [5.74, 6) is -1.04. The summed E-state index contributed by atoms with van der Waals surface area (Å²) in [4.78, 5) is 10.6. The Bertz CT molecular complexity index is 231. The van der Waals surface area contributed by atoms with E-state index in [0.29, 0.717) is 0 Å². The summed E-state index contributed by atoms with van der Waals surface area (Å²) < 4.78 is 0. The fourth-order valence-corrected chi connectivity index (χ4v) is 0.790. The average molecular weight is 190 g/mol. The third kappa shape index (κ3) is 3.44. The molecule has 0 spiro atoms. The van der Waals surface area contributed by atoms with Crippen molar-refractivity contribution in [2.45, 2.75) is 13.8 Å². The van der Waals surface area contributed by atoms with Gasteiger partial charge < -0.3 is 10.8 Å². The van der Waals surface area contributed by atoms with Gasteiger partial charge in [-0.25, -0.2) is 4.79 Å². The summed E-state index contributed by atoms with van der Waals surface area (Å²) in [5.41, 5.74) is 5.34. The maximum absolute atomic E-state index is 10.6. The molecule has 0 aromatic carbocycles. The number of hydrogen-bond donors (Lipinski definition) is 2. The number of nitrogens with two attached hydrogens (primary N) is 1. The average Bonchev–Trinajstić information content (AvgIpc) is 1.98. The first-order chi connectivity index (χ1) is 5.49. The number of halogens is 1. The lowest BCUT2D eigenvalue weighted by molar-refractivity contribution is -0.133. The second kappa shape index (κ2) is 4.83. The van der Waals surface area contributed by atoms with Crippen LogP contribution >= 0.6 is 11.6 Å². The van der Waals surface area contributed by atoms with Crippen molar-refractivity contribution in [3.63, 3.8) is 0 Å². The molecule has 0 aliphatic carbocycles. The van der Waals surface area contributed by atoms with Gasteiger partial charge in [0.2, 0.25) is 0 Å². The third-order valence-electron chi connectivity index (χ3n) is 1.32. The molecule has 0 aromatic heterocycles. The molecule has 0 aliphatic rings. The number of allylic oxidation sites excluding steroid dienone is 2. The summed E-state index contributed by atoms with van der Waals surface area (Å²) in [5, 5.41) is 8.93.